The number of ether oxygens (including phenoxy) is 3. The van der Waals surface area contributed by atoms with Gasteiger partial charge in [-0.05, 0) is 25.0 Å². The standard InChI is InChI=1S/C19H21ClN4O4S/c1-23-10-12(17(22-23)27-3)18(25)24(9-11-5-4-8-28-11)19-21-15-14(26-2)7-6-13(20)16(15)29-19/h6-7,10-11H,4-5,8-9H2,1-3H3. The van der Waals surface area contributed by atoms with Crippen LogP contribution < -0.4 is 14.4 Å². The summed E-state index contributed by atoms with van der Waals surface area (Å²) in [6, 6.07) is 3.53. The lowest BCUT2D eigenvalue weighted by molar-refractivity contribution is 0.0915. The van der Waals surface area contributed by atoms with Crippen LogP contribution in [0.5, 0.6) is 11.6 Å². The molecule has 1 aromatic carbocycles. The molecule has 10 heteroatoms. The summed E-state index contributed by atoms with van der Waals surface area (Å²) in [4.78, 5) is 19.8. The number of aryl methyl sites for hydroxylation is 1. The molecule has 1 saturated heterocycles. The van der Waals surface area contributed by atoms with Crippen molar-refractivity contribution in [3.8, 4) is 11.6 Å². The first kappa shape index (κ1) is 19.9. The number of amides is 1. The second-order valence-corrected chi connectivity index (χ2v) is 8.09. The Hall–Kier alpha value is -2.36. The third-order valence-electron chi connectivity index (χ3n) is 4.77. The molecule has 1 aliphatic rings. The van der Waals surface area contributed by atoms with Crippen molar-refractivity contribution < 1.29 is 19.0 Å². The predicted molar refractivity (Wildman–Crippen MR) is 112 cm³/mol. The Bertz CT molecular complexity index is 1040. The lowest BCUT2D eigenvalue weighted by Crippen LogP contribution is -2.37. The number of aromatic nitrogens is 3. The molecular weight excluding hydrogens is 416 g/mol. The van der Waals surface area contributed by atoms with Crippen molar-refractivity contribution >= 4 is 44.2 Å². The number of carbonyl (C=O) groups excluding carboxylic acids is 1. The Morgan fingerprint density at radius 3 is 2.93 bits per heavy atom. The second kappa shape index (κ2) is 8.17. The second-order valence-electron chi connectivity index (χ2n) is 6.70. The maximum absolute atomic E-state index is 13.5. The molecule has 1 atom stereocenters. The average Bonchev–Trinajstić information content (AvgIpc) is 3.45. The van der Waals surface area contributed by atoms with Gasteiger partial charge in [-0.15, -0.1) is 5.10 Å². The van der Waals surface area contributed by atoms with Crippen molar-refractivity contribution in [2.24, 2.45) is 7.05 Å². The molecule has 3 aromatic rings. The lowest BCUT2D eigenvalue weighted by Gasteiger charge is -2.22. The average molecular weight is 437 g/mol. The number of hydrogen-bond acceptors (Lipinski definition) is 7. The van der Waals surface area contributed by atoms with Crippen LogP contribution in [-0.4, -0.2) is 54.1 Å². The smallest absolute Gasteiger partial charge is 0.267 e. The molecule has 1 fully saturated rings. The van der Waals surface area contributed by atoms with Gasteiger partial charge >= 0.3 is 0 Å². The van der Waals surface area contributed by atoms with Crippen molar-refractivity contribution in [1.82, 2.24) is 14.8 Å². The molecule has 1 aliphatic heterocycles. The summed E-state index contributed by atoms with van der Waals surface area (Å²) >= 11 is 7.72. The fourth-order valence-electron chi connectivity index (χ4n) is 3.37. The largest absolute Gasteiger partial charge is 0.494 e. The van der Waals surface area contributed by atoms with Crippen LogP contribution in [0, 0.1) is 0 Å². The van der Waals surface area contributed by atoms with Gasteiger partial charge in [-0.25, -0.2) is 4.98 Å². The number of carbonyl (C=O) groups is 1. The van der Waals surface area contributed by atoms with Crippen LogP contribution >= 0.6 is 22.9 Å². The zero-order chi connectivity index (χ0) is 20.5. The van der Waals surface area contributed by atoms with Crippen LogP contribution in [-0.2, 0) is 11.8 Å². The van der Waals surface area contributed by atoms with Gasteiger partial charge in [0.25, 0.3) is 5.91 Å². The van der Waals surface area contributed by atoms with Crippen molar-refractivity contribution in [1.29, 1.82) is 0 Å². The SMILES string of the molecule is COc1nn(C)cc1C(=O)N(CC1CCCO1)c1nc2c(OC)ccc(Cl)c2s1. The molecule has 3 heterocycles. The van der Waals surface area contributed by atoms with Gasteiger partial charge in [0, 0.05) is 19.9 Å². The fourth-order valence-corrected chi connectivity index (χ4v) is 4.64. The van der Waals surface area contributed by atoms with Gasteiger partial charge in [0.1, 0.15) is 16.8 Å². The summed E-state index contributed by atoms with van der Waals surface area (Å²) in [5.74, 6) is 0.626. The van der Waals surface area contributed by atoms with Crippen molar-refractivity contribution in [2.45, 2.75) is 18.9 Å². The maximum atomic E-state index is 13.5. The molecule has 1 unspecified atom stereocenters. The highest BCUT2D eigenvalue weighted by Crippen LogP contribution is 2.39. The third kappa shape index (κ3) is 3.77. The molecule has 8 nitrogen and oxygen atoms in total. The van der Waals surface area contributed by atoms with E-state index in [0.717, 1.165) is 17.5 Å². The van der Waals surface area contributed by atoms with Crippen LogP contribution in [0.25, 0.3) is 10.2 Å². The summed E-state index contributed by atoms with van der Waals surface area (Å²) in [6.45, 7) is 1.08. The third-order valence-corrected chi connectivity index (χ3v) is 6.31. The quantitative estimate of drug-likeness (QED) is 0.588. The van der Waals surface area contributed by atoms with Crippen LogP contribution in [0.2, 0.25) is 5.02 Å². The number of hydrogen-bond donors (Lipinski definition) is 0. The number of fused-ring (bicyclic) bond motifs is 1. The first-order chi connectivity index (χ1) is 14.0. The summed E-state index contributed by atoms with van der Waals surface area (Å²) in [5, 5.41) is 5.29. The highest BCUT2D eigenvalue weighted by atomic mass is 35.5. The van der Waals surface area contributed by atoms with Gasteiger partial charge in [0.15, 0.2) is 5.13 Å². The molecule has 0 aliphatic carbocycles. The van der Waals surface area contributed by atoms with E-state index >= 15 is 0 Å². The van der Waals surface area contributed by atoms with E-state index in [-0.39, 0.29) is 17.9 Å². The monoisotopic (exact) mass is 436 g/mol. The summed E-state index contributed by atoms with van der Waals surface area (Å²) in [5.41, 5.74) is 0.994. The molecule has 2 aromatic heterocycles. The maximum Gasteiger partial charge on any atom is 0.267 e. The zero-order valence-electron chi connectivity index (χ0n) is 16.3. The highest BCUT2D eigenvalue weighted by molar-refractivity contribution is 7.23. The molecular formula is C19H21ClN4O4S. The Labute approximate surface area is 176 Å². The Kier molecular flexibility index (Phi) is 5.62. The minimum Gasteiger partial charge on any atom is -0.494 e. The first-order valence-electron chi connectivity index (χ1n) is 9.16. The Morgan fingerprint density at radius 2 is 2.24 bits per heavy atom. The number of methoxy groups -OCH3 is 2. The first-order valence-corrected chi connectivity index (χ1v) is 10.4. The minimum atomic E-state index is -0.250. The van der Waals surface area contributed by atoms with E-state index in [1.807, 2.05) is 0 Å². The Morgan fingerprint density at radius 1 is 1.41 bits per heavy atom. The molecule has 1 amide bonds. The number of benzene rings is 1. The molecule has 0 saturated carbocycles. The van der Waals surface area contributed by atoms with Crippen molar-refractivity contribution in [3.05, 3.63) is 28.9 Å². The number of halogens is 1. The van der Waals surface area contributed by atoms with Crippen LogP contribution in [0.4, 0.5) is 5.13 Å². The number of rotatable bonds is 6. The molecule has 4 rings (SSSR count). The number of anilines is 1. The van der Waals surface area contributed by atoms with E-state index in [9.17, 15) is 4.79 Å². The summed E-state index contributed by atoms with van der Waals surface area (Å²) in [6.07, 6.45) is 3.46. The van der Waals surface area contributed by atoms with Crippen LogP contribution in [0.3, 0.4) is 0 Å². The van der Waals surface area contributed by atoms with Crippen LogP contribution in [0.15, 0.2) is 18.3 Å². The van der Waals surface area contributed by atoms with Gasteiger partial charge in [0.05, 0.1) is 36.6 Å². The van der Waals surface area contributed by atoms with E-state index in [1.54, 1.807) is 42.1 Å². The summed E-state index contributed by atoms with van der Waals surface area (Å²) < 4.78 is 18.8. The van der Waals surface area contributed by atoms with Crippen LogP contribution in [0.1, 0.15) is 23.2 Å². The van der Waals surface area contributed by atoms with Crippen molar-refractivity contribution in [3.63, 3.8) is 0 Å². The van der Waals surface area contributed by atoms with Gasteiger partial charge in [-0.1, -0.05) is 22.9 Å². The Balaban J connectivity index is 1.79. The van der Waals surface area contributed by atoms with Gasteiger partial charge in [-0.2, -0.15) is 0 Å². The van der Waals surface area contributed by atoms with Gasteiger partial charge in [-0.3, -0.25) is 14.4 Å². The predicted octanol–water partition coefficient (Wildman–Crippen LogP) is 3.53. The van der Waals surface area contributed by atoms with Gasteiger partial charge < -0.3 is 14.2 Å². The van der Waals surface area contributed by atoms with E-state index in [0.29, 0.717) is 40.1 Å². The molecule has 0 N–H and O–H groups in total. The van der Waals surface area contributed by atoms with Crippen molar-refractivity contribution in [2.75, 3.05) is 32.3 Å². The molecule has 29 heavy (non-hydrogen) atoms. The topological polar surface area (TPSA) is 78.7 Å². The zero-order valence-corrected chi connectivity index (χ0v) is 17.9. The van der Waals surface area contributed by atoms with E-state index in [4.69, 9.17) is 25.8 Å². The highest BCUT2D eigenvalue weighted by Gasteiger charge is 2.30. The molecule has 154 valence electrons. The number of thiazole rings is 1. The molecule has 0 radical (unpaired) electrons. The lowest BCUT2D eigenvalue weighted by atomic mass is 10.2. The van der Waals surface area contributed by atoms with E-state index < -0.39 is 0 Å². The van der Waals surface area contributed by atoms with E-state index in [1.165, 1.54) is 18.4 Å². The van der Waals surface area contributed by atoms with E-state index in [2.05, 4.69) is 10.1 Å². The van der Waals surface area contributed by atoms with Gasteiger partial charge in [0.2, 0.25) is 5.88 Å². The normalized spacial score (nSPS) is 16.3. The molecule has 0 bridgehead atoms. The summed E-state index contributed by atoms with van der Waals surface area (Å²) in [7, 11) is 4.81. The fraction of sp³-hybridized carbons (Fsp3) is 0.421. The molecule has 0 spiro atoms. The number of nitrogens with zero attached hydrogens (tertiary/aromatic N) is 4. The minimum absolute atomic E-state index is 0.0500.